The van der Waals surface area contributed by atoms with Crippen LogP contribution in [0.2, 0.25) is 10.3 Å². The van der Waals surface area contributed by atoms with Gasteiger partial charge in [0.05, 0.1) is 0 Å². The largest absolute Gasteiger partial charge is 0.422 e. The number of hydrogen-bond donors (Lipinski definition) is 1. The molecule has 0 saturated heterocycles. The van der Waals surface area contributed by atoms with E-state index >= 15 is 0 Å². The van der Waals surface area contributed by atoms with E-state index in [0.717, 1.165) is 0 Å². The summed E-state index contributed by atoms with van der Waals surface area (Å²) >= 11 is 10.4. The summed E-state index contributed by atoms with van der Waals surface area (Å²) in [5, 5.41) is -1.60. The summed E-state index contributed by atoms with van der Waals surface area (Å²) in [5.41, 5.74) is 3.74. The third-order valence-corrected chi connectivity index (χ3v) is 1.67. The molecule has 0 aliphatic carbocycles. The highest BCUT2D eigenvalue weighted by Crippen LogP contribution is 2.37. The van der Waals surface area contributed by atoms with Gasteiger partial charge in [-0.15, -0.1) is 0 Å². The summed E-state index contributed by atoms with van der Waals surface area (Å²) in [6, 6.07) is 0. The zero-order valence-electron chi connectivity index (χ0n) is 5.86. The van der Waals surface area contributed by atoms with Gasteiger partial charge in [0, 0.05) is 0 Å². The fourth-order valence-corrected chi connectivity index (χ4v) is 1.27. The number of nitrogens with zero attached hydrogens (tertiary/aromatic N) is 2. The Hall–Kier alpha value is -0.750. The van der Waals surface area contributed by atoms with Gasteiger partial charge in [-0.3, -0.25) is 0 Å². The summed E-state index contributed by atoms with van der Waals surface area (Å²) in [5.74, 6) is -0.400. The predicted molar refractivity (Wildman–Crippen MR) is 41.5 cm³/mol. The van der Waals surface area contributed by atoms with Crippen molar-refractivity contribution in [3.63, 3.8) is 0 Å². The second-order valence-corrected chi connectivity index (χ2v) is 2.75. The molecule has 1 heterocycles. The van der Waals surface area contributed by atoms with Gasteiger partial charge in [-0.05, 0) is 0 Å². The maximum atomic E-state index is 12.2. The first kappa shape index (κ1) is 10.3. The monoisotopic (exact) mass is 231 g/mol. The molecule has 0 aliphatic rings. The number of anilines is 1. The fraction of sp³-hybridized carbons (Fsp3) is 0.200. The molecule has 0 amide bonds. The van der Waals surface area contributed by atoms with E-state index in [-0.39, 0.29) is 0 Å². The number of aromatic nitrogens is 2. The van der Waals surface area contributed by atoms with Crippen molar-refractivity contribution in [2.45, 2.75) is 6.18 Å². The number of hydrogen-bond acceptors (Lipinski definition) is 3. The number of nitrogen functional groups attached to an aromatic ring is 1. The van der Waals surface area contributed by atoms with Gasteiger partial charge in [-0.25, -0.2) is 9.97 Å². The van der Waals surface area contributed by atoms with Gasteiger partial charge < -0.3 is 5.73 Å². The van der Waals surface area contributed by atoms with Crippen LogP contribution < -0.4 is 5.73 Å². The molecule has 0 bridgehead atoms. The van der Waals surface area contributed by atoms with Gasteiger partial charge in [0.15, 0.2) is 0 Å². The average molecular weight is 232 g/mol. The molecule has 0 unspecified atom stereocenters. The van der Waals surface area contributed by atoms with E-state index in [9.17, 15) is 13.2 Å². The lowest BCUT2D eigenvalue weighted by atomic mass is 10.3. The quantitative estimate of drug-likeness (QED) is 0.698. The standard InChI is InChI=1S/C5H2Cl2F3N3/c6-2-1(5(8,9)10)3(7)13-4(11)12-2/h(H2,11,12,13). The van der Waals surface area contributed by atoms with Crippen LogP contribution >= 0.6 is 23.2 Å². The lowest BCUT2D eigenvalue weighted by Gasteiger charge is -2.09. The highest BCUT2D eigenvalue weighted by molar-refractivity contribution is 6.34. The minimum atomic E-state index is -4.68. The first-order valence-electron chi connectivity index (χ1n) is 2.88. The van der Waals surface area contributed by atoms with Crippen molar-refractivity contribution in [2.75, 3.05) is 5.73 Å². The van der Waals surface area contributed by atoms with Gasteiger partial charge in [0.25, 0.3) is 0 Å². The van der Waals surface area contributed by atoms with E-state index in [1.165, 1.54) is 0 Å². The summed E-state index contributed by atoms with van der Waals surface area (Å²) in [4.78, 5) is 6.26. The SMILES string of the molecule is Nc1nc(Cl)c(C(F)(F)F)c(Cl)n1. The Morgan fingerprint density at radius 2 is 1.46 bits per heavy atom. The molecule has 8 heteroatoms. The molecule has 0 atom stereocenters. The fourth-order valence-electron chi connectivity index (χ4n) is 0.657. The van der Waals surface area contributed by atoms with E-state index in [4.69, 9.17) is 28.9 Å². The molecule has 1 aromatic heterocycles. The number of alkyl halides is 3. The van der Waals surface area contributed by atoms with Crippen LogP contribution in [0.4, 0.5) is 19.1 Å². The molecule has 72 valence electrons. The third kappa shape index (κ3) is 2.13. The van der Waals surface area contributed by atoms with Crippen LogP contribution in [0, 0.1) is 0 Å². The van der Waals surface area contributed by atoms with E-state index in [1.807, 2.05) is 0 Å². The molecular weight excluding hydrogens is 230 g/mol. The molecule has 0 aromatic carbocycles. The van der Waals surface area contributed by atoms with Crippen molar-refractivity contribution in [1.82, 2.24) is 9.97 Å². The molecule has 0 fully saturated rings. The first-order valence-corrected chi connectivity index (χ1v) is 3.63. The van der Waals surface area contributed by atoms with Crippen molar-refractivity contribution < 1.29 is 13.2 Å². The Bertz CT molecular complexity index is 315. The summed E-state index contributed by atoms with van der Waals surface area (Å²) in [6.07, 6.45) is -4.68. The van der Waals surface area contributed by atoms with Crippen LogP contribution in [0.1, 0.15) is 5.56 Å². The maximum Gasteiger partial charge on any atom is 0.422 e. The first-order chi connectivity index (χ1) is 5.82. The van der Waals surface area contributed by atoms with Gasteiger partial charge in [0.2, 0.25) is 5.95 Å². The highest BCUT2D eigenvalue weighted by atomic mass is 35.5. The summed E-state index contributed by atoms with van der Waals surface area (Å²) in [7, 11) is 0. The zero-order valence-corrected chi connectivity index (χ0v) is 7.37. The molecule has 1 aromatic rings. The molecule has 2 N–H and O–H groups in total. The normalized spacial score (nSPS) is 11.8. The summed E-state index contributed by atoms with van der Waals surface area (Å²) < 4.78 is 36.5. The predicted octanol–water partition coefficient (Wildman–Crippen LogP) is 2.38. The van der Waals surface area contributed by atoms with E-state index in [2.05, 4.69) is 9.97 Å². The Labute approximate surface area is 80.7 Å². The second-order valence-electron chi connectivity index (χ2n) is 2.04. The van der Waals surface area contributed by atoms with E-state index in [0.29, 0.717) is 0 Å². The van der Waals surface area contributed by atoms with Crippen LogP contribution in [-0.2, 0) is 6.18 Å². The van der Waals surface area contributed by atoms with E-state index in [1.54, 1.807) is 0 Å². The Kier molecular flexibility index (Phi) is 2.53. The average Bonchev–Trinajstić information content (AvgIpc) is 1.78. The minimum absolute atomic E-state index is 0.400. The molecule has 0 spiro atoms. The maximum absolute atomic E-state index is 12.2. The molecule has 0 radical (unpaired) electrons. The van der Waals surface area contributed by atoms with Gasteiger partial charge >= 0.3 is 6.18 Å². The van der Waals surface area contributed by atoms with Gasteiger partial charge in [-0.1, -0.05) is 23.2 Å². The number of nitrogens with two attached hydrogens (primary N) is 1. The molecular formula is C5H2Cl2F3N3. The van der Waals surface area contributed by atoms with Crippen LogP contribution in [-0.4, -0.2) is 9.97 Å². The lowest BCUT2D eigenvalue weighted by molar-refractivity contribution is -0.137. The van der Waals surface area contributed by atoms with Crippen LogP contribution in [0.25, 0.3) is 0 Å². The Balaban J connectivity index is 3.38. The smallest absolute Gasteiger partial charge is 0.368 e. The van der Waals surface area contributed by atoms with Crippen molar-refractivity contribution in [2.24, 2.45) is 0 Å². The third-order valence-electron chi connectivity index (χ3n) is 1.12. The molecule has 3 nitrogen and oxygen atoms in total. The Morgan fingerprint density at radius 1 is 1.08 bits per heavy atom. The van der Waals surface area contributed by atoms with Crippen molar-refractivity contribution >= 4 is 29.2 Å². The summed E-state index contributed by atoms with van der Waals surface area (Å²) in [6.45, 7) is 0. The van der Waals surface area contributed by atoms with Crippen LogP contribution in [0.15, 0.2) is 0 Å². The van der Waals surface area contributed by atoms with Crippen molar-refractivity contribution in [3.8, 4) is 0 Å². The molecule has 0 saturated carbocycles. The van der Waals surface area contributed by atoms with Crippen molar-refractivity contribution in [1.29, 1.82) is 0 Å². The highest BCUT2D eigenvalue weighted by Gasteiger charge is 2.37. The molecule has 0 aliphatic heterocycles. The molecule has 1 rings (SSSR count). The topological polar surface area (TPSA) is 51.8 Å². The van der Waals surface area contributed by atoms with Crippen molar-refractivity contribution in [3.05, 3.63) is 15.9 Å². The molecule has 13 heavy (non-hydrogen) atoms. The Morgan fingerprint density at radius 3 is 1.77 bits per heavy atom. The van der Waals surface area contributed by atoms with Gasteiger partial charge in [-0.2, -0.15) is 13.2 Å². The zero-order chi connectivity index (χ0) is 10.2. The van der Waals surface area contributed by atoms with Crippen LogP contribution in [0.5, 0.6) is 0 Å². The van der Waals surface area contributed by atoms with Crippen LogP contribution in [0.3, 0.4) is 0 Å². The minimum Gasteiger partial charge on any atom is -0.368 e. The lowest BCUT2D eigenvalue weighted by Crippen LogP contribution is -2.10. The second kappa shape index (κ2) is 3.19. The number of halogens is 5. The van der Waals surface area contributed by atoms with E-state index < -0.39 is 28.0 Å². The number of rotatable bonds is 0. The van der Waals surface area contributed by atoms with Gasteiger partial charge in [0.1, 0.15) is 15.9 Å².